The van der Waals surface area contributed by atoms with E-state index in [0.29, 0.717) is 6.42 Å². The standard InChI is InChI=1S/C11H16O4/c1-5-6-4-7(12)11(2)8(6)10(13-3)14-9(5)15-11/h6-10,12H,1,4H2,2-3H3/t6-,7+,8-,9?,10-,11-/m1/s1. The molecule has 1 unspecified atom stereocenters. The van der Waals surface area contributed by atoms with Crippen molar-refractivity contribution in [2.24, 2.45) is 11.8 Å². The van der Waals surface area contributed by atoms with Gasteiger partial charge in [0.1, 0.15) is 5.60 Å². The number of methoxy groups -OCH3 is 1. The molecule has 0 aromatic carbocycles. The summed E-state index contributed by atoms with van der Waals surface area (Å²) in [5.74, 6) is 0.331. The van der Waals surface area contributed by atoms with Crippen LogP contribution < -0.4 is 0 Å². The number of hydrogen-bond acceptors (Lipinski definition) is 4. The van der Waals surface area contributed by atoms with Gasteiger partial charge in [-0.15, -0.1) is 0 Å². The van der Waals surface area contributed by atoms with E-state index < -0.39 is 18.0 Å². The van der Waals surface area contributed by atoms with E-state index in [4.69, 9.17) is 14.2 Å². The molecule has 3 saturated heterocycles. The summed E-state index contributed by atoms with van der Waals surface area (Å²) in [5, 5.41) is 10.0. The molecule has 4 nitrogen and oxygen atoms in total. The first kappa shape index (κ1) is 9.78. The van der Waals surface area contributed by atoms with Gasteiger partial charge in [0, 0.05) is 13.0 Å². The molecular weight excluding hydrogens is 196 g/mol. The van der Waals surface area contributed by atoms with Crippen molar-refractivity contribution in [3.63, 3.8) is 0 Å². The Morgan fingerprint density at radius 1 is 1.60 bits per heavy atom. The van der Waals surface area contributed by atoms with Crippen molar-refractivity contribution in [2.45, 2.75) is 37.6 Å². The Hall–Kier alpha value is -0.420. The first-order valence-corrected chi connectivity index (χ1v) is 5.30. The van der Waals surface area contributed by atoms with Crippen LogP contribution in [-0.4, -0.2) is 36.5 Å². The lowest BCUT2D eigenvalue weighted by atomic mass is 9.77. The molecular formula is C11H16O4. The average Bonchev–Trinajstić information content (AvgIpc) is 2.44. The summed E-state index contributed by atoms with van der Waals surface area (Å²) in [6, 6.07) is 0. The Balaban J connectivity index is 2.04. The van der Waals surface area contributed by atoms with E-state index in [0.717, 1.165) is 5.57 Å². The zero-order valence-corrected chi connectivity index (χ0v) is 8.97. The number of rotatable bonds is 1. The summed E-state index contributed by atoms with van der Waals surface area (Å²) in [5.41, 5.74) is 0.414. The minimum atomic E-state index is -0.532. The van der Waals surface area contributed by atoms with Gasteiger partial charge in [0.05, 0.1) is 6.10 Å². The molecule has 4 fully saturated rings. The third kappa shape index (κ3) is 1.00. The maximum absolute atomic E-state index is 10.0. The van der Waals surface area contributed by atoms with E-state index in [-0.39, 0.29) is 18.1 Å². The van der Waals surface area contributed by atoms with Crippen LogP contribution in [0.1, 0.15) is 13.3 Å². The minimum absolute atomic E-state index is 0.0648. The SMILES string of the molecule is C=C1C2O[C@@H](OC)[C@H]3[C@@H]1C[C@H](O)[C@@]3(C)O2. The van der Waals surface area contributed by atoms with E-state index in [1.165, 1.54) is 0 Å². The third-order valence-corrected chi connectivity index (χ3v) is 4.16. The second-order valence-corrected chi connectivity index (χ2v) is 4.83. The van der Waals surface area contributed by atoms with Crippen LogP contribution in [0.15, 0.2) is 12.2 Å². The quantitative estimate of drug-likeness (QED) is 0.649. The first-order chi connectivity index (χ1) is 7.08. The maximum atomic E-state index is 10.0. The van der Waals surface area contributed by atoms with Crippen molar-refractivity contribution in [1.82, 2.24) is 0 Å². The van der Waals surface area contributed by atoms with Gasteiger partial charge in [0.2, 0.25) is 0 Å². The van der Waals surface area contributed by atoms with Crippen molar-refractivity contribution in [3.8, 4) is 0 Å². The van der Waals surface area contributed by atoms with Gasteiger partial charge in [0.15, 0.2) is 12.6 Å². The Labute approximate surface area is 88.8 Å². The maximum Gasteiger partial charge on any atom is 0.183 e. The van der Waals surface area contributed by atoms with Gasteiger partial charge in [-0.05, 0) is 24.8 Å². The van der Waals surface area contributed by atoms with E-state index >= 15 is 0 Å². The van der Waals surface area contributed by atoms with E-state index in [2.05, 4.69) is 6.58 Å². The largest absolute Gasteiger partial charge is 0.390 e. The van der Waals surface area contributed by atoms with E-state index in [9.17, 15) is 5.11 Å². The fourth-order valence-electron chi connectivity index (χ4n) is 3.25. The molecule has 4 heteroatoms. The lowest BCUT2D eigenvalue weighted by Crippen LogP contribution is -2.61. The summed E-state index contributed by atoms with van der Waals surface area (Å²) < 4.78 is 16.7. The topological polar surface area (TPSA) is 47.9 Å². The number of hydrogen-bond donors (Lipinski definition) is 1. The molecule has 15 heavy (non-hydrogen) atoms. The highest BCUT2D eigenvalue weighted by Gasteiger charge is 2.65. The molecule has 0 spiro atoms. The predicted molar refractivity (Wildman–Crippen MR) is 51.9 cm³/mol. The molecule has 4 aliphatic rings. The monoisotopic (exact) mass is 212 g/mol. The summed E-state index contributed by atoms with van der Waals surface area (Å²) >= 11 is 0. The van der Waals surface area contributed by atoms with Crippen molar-refractivity contribution in [3.05, 3.63) is 12.2 Å². The second-order valence-electron chi connectivity index (χ2n) is 4.83. The predicted octanol–water partition coefficient (Wildman–Crippen LogP) is 0.657. The highest BCUT2D eigenvalue weighted by atomic mass is 16.8. The van der Waals surface area contributed by atoms with Crippen molar-refractivity contribution in [1.29, 1.82) is 0 Å². The second kappa shape index (κ2) is 2.83. The van der Waals surface area contributed by atoms with E-state index in [1.807, 2.05) is 6.92 Å². The Morgan fingerprint density at radius 3 is 3.00 bits per heavy atom. The average molecular weight is 212 g/mol. The third-order valence-electron chi connectivity index (χ3n) is 4.16. The van der Waals surface area contributed by atoms with Gasteiger partial charge in [-0.25, -0.2) is 0 Å². The molecule has 6 atom stereocenters. The number of aliphatic hydroxyl groups excluding tert-OH is 1. The van der Waals surface area contributed by atoms with Gasteiger partial charge in [-0.1, -0.05) is 6.58 Å². The smallest absolute Gasteiger partial charge is 0.183 e. The molecule has 1 saturated carbocycles. The van der Waals surface area contributed by atoms with Crippen molar-refractivity contribution >= 4 is 0 Å². The molecule has 1 N–H and O–H groups in total. The lowest BCUT2D eigenvalue weighted by Gasteiger charge is -2.52. The van der Waals surface area contributed by atoms with E-state index in [1.54, 1.807) is 7.11 Å². The zero-order valence-electron chi connectivity index (χ0n) is 8.97. The van der Waals surface area contributed by atoms with Gasteiger partial charge >= 0.3 is 0 Å². The van der Waals surface area contributed by atoms with Gasteiger partial charge in [0.25, 0.3) is 0 Å². The summed E-state index contributed by atoms with van der Waals surface area (Å²) in [6.45, 7) is 5.93. The molecule has 4 rings (SSSR count). The molecule has 1 aliphatic carbocycles. The molecule has 0 aromatic rings. The molecule has 0 aromatic heterocycles. The summed E-state index contributed by atoms with van der Waals surface area (Å²) in [6.07, 6.45) is -0.427. The van der Waals surface area contributed by atoms with Crippen molar-refractivity contribution in [2.75, 3.05) is 7.11 Å². The molecule has 0 amide bonds. The van der Waals surface area contributed by atoms with Crippen molar-refractivity contribution < 1.29 is 19.3 Å². The number of aliphatic hydroxyl groups is 1. The normalized spacial score (nSPS) is 57.5. The van der Waals surface area contributed by atoms with Crippen LogP contribution in [-0.2, 0) is 14.2 Å². The van der Waals surface area contributed by atoms with Gasteiger partial charge in [-0.2, -0.15) is 0 Å². The summed E-state index contributed by atoms with van der Waals surface area (Å²) in [7, 11) is 1.63. The highest BCUT2D eigenvalue weighted by molar-refractivity contribution is 5.23. The highest BCUT2D eigenvalue weighted by Crippen LogP contribution is 2.57. The molecule has 0 radical (unpaired) electrons. The van der Waals surface area contributed by atoms with Gasteiger partial charge in [-0.3, -0.25) is 0 Å². The summed E-state index contributed by atoms with van der Waals surface area (Å²) in [4.78, 5) is 0. The van der Waals surface area contributed by atoms with Crippen LogP contribution in [0, 0.1) is 11.8 Å². The minimum Gasteiger partial charge on any atom is -0.390 e. The first-order valence-electron chi connectivity index (χ1n) is 5.30. The molecule has 4 bridgehead atoms. The van der Waals surface area contributed by atoms with Crippen LogP contribution in [0.3, 0.4) is 0 Å². The van der Waals surface area contributed by atoms with Gasteiger partial charge < -0.3 is 19.3 Å². The van der Waals surface area contributed by atoms with Crippen LogP contribution in [0.4, 0.5) is 0 Å². The fourth-order valence-corrected chi connectivity index (χ4v) is 3.25. The Kier molecular flexibility index (Phi) is 1.84. The molecule has 84 valence electrons. The van der Waals surface area contributed by atoms with Crippen LogP contribution in [0.5, 0.6) is 0 Å². The van der Waals surface area contributed by atoms with Crippen LogP contribution in [0.2, 0.25) is 0 Å². The number of ether oxygens (including phenoxy) is 3. The lowest BCUT2D eigenvalue weighted by molar-refractivity contribution is -0.369. The molecule has 3 aliphatic heterocycles. The molecule has 3 heterocycles. The fraction of sp³-hybridized carbons (Fsp3) is 0.818. The zero-order chi connectivity index (χ0) is 10.8. The Morgan fingerprint density at radius 2 is 2.33 bits per heavy atom. The van der Waals surface area contributed by atoms with Crippen LogP contribution in [0.25, 0.3) is 0 Å². The Bertz CT molecular complexity index is 316. The van der Waals surface area contributed by atoms with Crippen LogP contribution >= 0.6 is 0 Å². The number of fused-ring (bicyclic) bond motifs is 1.